The van der Waals surface area contributed by atoms with Gasteiger partial charge in [-0.1, -0.05) is 18.2 Å². The van der Waals surface area contributed by atoms with Crippen LogP contribution in [0.25, 0.3) is 10.9 Å². The minimum Gasteiger partial charge on any atom is -0.497 e. The van der Waals surface area contributed by atoms with Crippen molar-refractivity contribution in [2.24, 2.45) is 0 Å². The van der Waals surface area contributed by atoms with Crippen molar-refractivity contribution in [2.75, 3.05) is 7.11 Å². The van der Waals surface area contributed by atoms with Crippen LogP contribution in [-0.4, -0.2) is 27.9 Å². The van der Waals surface area contributed by atoms with E-state index in [2.05, 4.69) is 0 Å². The highest BCUT2D eigenvalue weighted by Crippen LogP contribution is 2.32. The molecule has 0 spiro atoms. The molecule has 0 saturated carbocycles. The second-order valence-corrected chi connectivity index (χ2v) is 9.23. The molecule has 9 heteroatoms. The average Bonchev–Trinajstić information content (AvgIpc) is 2.95. The zero-order valence-electron chi connectivity index (χ0n) is 12.4. The Kier molecular flexibility index (Phi) is 4.06. The van der Waals surface area contributed by atoms with E-state index in [1.54, 1.807) is 24.3 Å². The van der Waals surface area contributed by atoms with Crippen molar-refractivity contribution in [2.45, 2.75) is 9.92 Å². The Morgan fingerprint density at radius 1 is 0.958 bits per heavy atom. The fourth-order valence-corrected chi connectivity index (χ4v) is 5.43. The summed E-state index contributed by atoms with van der Waals surface area (Å²) in [6, 6.07) is 13.3. The number of fused-ring (bicyclic) bond motifs is 1. The highest BCUT2D eigenvalue weighted by molar-refractivity contribution is 8.14. The van der Waals surface area contributed by atoms with Crippen molar-refractivity contribution >= 4 is 40.7 Å². The molecule has 126 valence electrons. The molecule has 0 fully saturated rings. The van der Waals surface area contributed by atoms with Gasteiger partial charge in [-0.15, -0.1) is 0 Å². The lowest BCUT2D eigenvalue weighted by molar-refractivity contribution is 0.415. The fraction of sp³-hybridized carbons (Fsp3) is 0.0667. The summed E-state index contributed by atoms with van der Waals surface area (Å²) >= 11 is 0. The second kappa shape index (κ2) is 5.80. The third kappa shape index (κ3) is 2.77. The number of rotatable bonds is 4. The van der Waals surface area contributed by atoms with Crippen LogP contribution < -0.4 is 4.74 Å². The summed E-state index contributed by atoms with van der Waals surface area (Å²) in [7, 11) is -1.52. The summed E-state index contributed by atoms with van der Waals surface area (Å²) in [6.45, 7) is 0. The number of benzene rings is 2. The van der Waals surface area contributed by atoms with Crippen LogP contribution >= 0.6 is 10.7 Å². The van der Waals surface area contributed by atoms with E-state index in [0.29, 0.717) is 11.1 Å². The van der Waals surface area contributed by atoms with E-state index in [9.17, 15) is 16.8 Å². The summed E-state index contributed by atoms with van der Waals surface area (Å²) < 4.78 is 55.5. The molecule has 1 aromatic heterocycles. The van der Waals surface area contributed by atoms with Gasteiger partial charge in [-0.25, -0.2) is 20.8 Å². The first-order valence-corrected chi connectivity index (χ1v) is 10.4. The number of hydrogen-bond donors (Lipinski definition) is 0. The number of hydrogen-bond acceptors (Lipinski definition) is 5. The average molecular weight is 386 g/mol. The Balaban J connectivity index is 2.42. The van der Waals surface area contributed by atoms with Crippen LogP contribution in [0.3, 0.4) is 0 Å². The van der Waals surface area contributed by atoms with Crippen LogP contribution in [0.4, 0.5) is 0 Å². The van der Waals surface area contributed by atoms with Crippen molar-refractivity contribution in [3.05, 3.63) is 54.6 Å². The molecule has 0 aliphatic carbocycles. The first-order chi connectivity index (χ1) is 11.2. The normalized spacial score (nSPS) is 12.4. The number of halogens is 1. The predicted octanol–water partition coefficient (Wildman–Crippen LogP) is 2.81. The van der Waals surface area contributed by atoms with E-state index in [1.165, 1.54) is 37.4 Å². The van der Waals surface area contributed by atoms with Crippen LogP contribution in [0.1, 0.15) is 0 Å². The first-order valence-electron chi connectivity index (χ1n) is 6.70. The summed E-state index contributed by atoms with van der Waals surface area (Å²) in [5, 5.41) is -0.135. The lowest BCUT2D eigenvalue weighted by atomic mass is 10.2. The Morgan fingerprint density at radius 2 is 1.62 bits per heavy atom. The first kappa shape index (κ1) is 16.8. The van der Waals surface area contributed by atoms with E-state index in [0.717, 1.165) is 3.97 Å². The van der Waals surface area contributed by atoms with Gasteiger partial charge in [-0.3, -0.25) is 0 Å². The molecule has 0 aliphatic rings. The summed E-state index contributed by atoms with van der Waals surface area (Å²) in [6.07, 6.45) is 0. The summed E-state index contributed by atoms with van der Waals surface area (Å²) in [5.41, 5.74) is 0.193. The van der Waals surface area contributed by atoms with Crippen molar-refractivity contribution < 1.29 is 21.6 Å². The largest absolute Gasteiger partial charge is 0.497 e. The van der Waals surface area contributed by atoms with E-state index in [-0.39, 0.29) is 10.4 Å². The molecule has 0 radical (unpaired) electrons. The highest BCUT2D eigenvalue weighted by atomic mass is 35.7. The summed E-state index contributed by atoms with van der Waals surface area (Å²) in [5.74, 6) is 0.468. The van der Waals surface area contributed by atoms with Gasteiger partial charge in [-0.05, 0) is 36.4 Å². The molecule has 0 atom stereocenters. The van der Waals surface area contributed by atoms with E-state index < -0.39 is 24.1 Å². The third-order valence-corrected chi connectivity index (χ3v) is 6.60. The van der Waals surface area contributed by atoms with Crippen LogP contribution in [0.5, 0.6) is 5.75 Å². The van der Waals surface area contributed by atoms with Crippen molar-refractivity contribution in [3.8, 4) is 5.75 Å². The zero-order chi connectivity index (χ0) is 17.5. The summed E-state index contributed by atoms with van der Waals surface area (Å²) in [4.78, 5) is -0.0418. The van der Waals surface area contributed by atoms with Gasteiger partial charge in [0.2, 0.25) is 0 Å². The highest BCUT2D eigenvalue weighted by Gasteiger charge is 2.28. The Bertz CT molecular complexity index is 1120. The Labute approximate surface area is 143 Å². The zero-order valence-corrected chi connectivity index (χ0v) is 14.8. The van der Waals surface area contributed by atoms with Crippen molar-refractivity contribution in [3.63, 3.8) is 0 Å². The van der Waals surface area contributed by atoms with Gasteiger partial charge in [0.05, 0.1) is 17.5 Å². The molecular weight excluding hydrogens is 374 g/mol. The number of ether oxygens (including phenoxy) is 1. The smallest absolute Gasteiger partial charge is 0.277 e. The number of methoxy groups -OCH3 is 1. The van der Waals surface area contributed by atoms with Crippen LogP contribution in [0, 0.1) is 0 Å². The van der Waals surface area contributed by atoms with E-state index in [1.807, 2.05) is 0 Å². The van der Waals surface area contributed by atoms with Gasteiger partial charge in [0.15, 0.2) is 5.03 Å². The number of aromatic nitrogens is 1. The SMILES string of the molecule is COc1ccc2c(c1)cc(S(=O)(=O)Cl)n2S(=O)(=O)c1ccccc1. The van der Waals surface area contributed by atoms with E-state index >= 15 is 0 Å². The molecule has 3 aromatic rings. The van der Waals surface area contributed by atoms with Gasteiger partial charge in [0, 0.05) is 16.1 Å². The minimum absolute atomic E-state index is 0.0418. The van der Waals surface area contributed by atoms with E-state index in [4.69, 9.17) is 15.4 Å². The maximum atomic E-state index is 12.9. The van der Waals surface area contributed by atoms with Crippen molar-refractivity contribution in [1.29, 1.82) is 0 Å². The fourth-order valence-electron chi connectivity index (χ4n) is 2.39. The van der Waals surface area contributed by atoms with Gasteiger partial charge >= 0.3 is 0 Å². The Morgan fingerprint density at radius 3 is 2.21 bits per heavy atom. The molecule has 24 heavy (non-hydrogen) atoms. The lowest BCUT2D eigenvalue weighted by Crippen LogP contribution is -2.16. The van der Waals surface area contributed by atoms with Gasteiger partial charge in [0.1, 0.15) is 5.75 Å². The second-order valence-electron chi connectivity index (χ2n) is 4.93. The van der Waals surface area contributed by atoms with Crippen LogP contribution in [0.2, 0.25) is 0 Å². The monoisotopic (exact) mass is 385 g/mol. The molecule has 6 nitrogen and oxygen atoms in total. The Hall–Kier alpha value is -2.03. The maximum absolute atomic E-state index is 12.9. The maximum Gasteiger partial charge on any atom is 0.277 e. The molecule has 3 rings (SSSR count). The van der Waals surface area contributed by atoms with Crippen molar-refractivity contribution in [1.82, 2.24) is 3.97 Å². The molecule has 2 aromatic carbocycles. The predicted molar refractivity (Wildman–Crippen MR) is 90.6 cm³/mol. The topological polar surface area (TPSA) is 82.4 Å². The van der Waals surface area contributed by atoms with Crippen LogP contribution in [-0.2, 0) is 19.1 Å². The standard InChI is InChI=1S/C15H12ClNO5S2/c1-22-12-7-8-14-11(9-12)10-15(23(16,18)19)17(14)24(20,21)13-5-3-2-4-6-13/h2-10H,1H3. The molecule has 0 unspecified atom stereocenters. The molecular formula is C15H12ClNO5S2. The van der Waals surface area contributed by atoms with Crippen LogP contribution in [0.15, 0.2) is 64.5 Å². The van der Waals surface area contributed by atoms with Gasteiger partial charge in [0.25, 0.3) is 19.1 Å². The van der Waals surface area contributed by atoms with Gasteiger partial charge in [-0.2, -0.15) is 0 Å². The molecule has 1 heterocycles. The molecule has 0 saturated heterocycles. The lowest BCUT2D eigenvalue weighted by Gasteiger charge is -2.10. The molecule has 0 amide bonds. The minimum atomic E-state index is -4.29. The quantitative estimate of drug-likeness (QED) is 0.645. The molecule has 0 N–H and O–H groups in total. The molecule has 0 aliphatic heterocycles. The van der Waals surface area contributed by atoms with Gasteiger partial charge < -0.3 is 4.74 Å². The number of nitrogens with zero attached hydrogens (tertiary/aromatic N) is 1. The molecule has 0 bridgehead atoms. The third-order valence-electron chi connectivity index (χ3n) is 3.46.